The van der Waals surface area contributed by atoms with Gasteiger partial charge < -0.3 is 10.7 Å². The molecule has 0 saturated heterocycles. The van der Waals surface area contributed by atoms with E-state index < -0.39 is 0 Å². The molecule has 6 heteroatoms. The van der Waals surface area contributed by atoms with Gasteiger partial charge in [-0.05, 0) is 30.3 Å². The molecule has 0 aliphatic rings. The molecular weight excluding hydrogens is 252 g/mol. The molecule has 2 rings (SSSR count). The third kappa shape index (κ3) is 2.77. The summed E-state index contributed by atoms with van der Waals surface area (Å²) in [4.78, 5) is 15.9. The summed E-state index contributed by atoms with van der Waals surface area (Å²) in [6.07, 6.45) is 3.01. The van der Waals surface area contributed by atoms with E-state index in [4.69, 9.17) is 17.4 Å². The zero-order valence-corrected chi connectivity index (χ0v) is 10.1. The number of carbonyl (C=O) groups is 1. The van der Waals surface area contributed by atoms with Crippen LogP contribution in [0.25, 0.3) is 0 Å². The van der Waals surface area contributed by atoms with Gasteiger partial charge in [0.05, 0.1) is 17.4 Å². The first-order valence-corrected chi connectivity index (χ1v) is 5.56. The lowest BCUT2D eigenvalue weighted by Gasteiger charge is -2.08. The quantitative estimate of drug-likeness (QED) is 0.586. The Morgan fingerprint density at radius 3 is 2.61 bits per heavy atom. The van der Waals surface area contributed by atoms with Crippen molar-refractivity contribution in [1.82, 2.24) is 4.98 Å². The molecule has 0 spiro atoms. The fraction of sp³-hybridized carbons (Fsp3) is 0. The van der Waals surface area contributed by atoms with E-state index in [0.717, 1.165) is 0 Å². The highest BCUT2D eigenvalue weighted by molar-refractivity contribution is 6.30. The van der Waals surface area contributed by atoms with E-state index in [9.17, 15) is 4.79 Å². The third-order valence-electron chi connectivity index (χ3n) is 2.32. The predicted molar refractivity (Wildman–Crippen MR) is 71.5 cm³/mol. The average Bonchev–Trinajstić information content (AvgIpc) is 2.41. The topological polar surface area (TPSA) is 80.0 Å². The molecule has 0 fully saturated rings. The van der Waals surface area contributed by atoms with E-state index in [2.05, 4.69) is 15.7 Å². The molecule has 5 nitrogen and oxygen atoms in total. The number of hydrogen-bond acceptors (Lipinski definition) is 4. The van der Waals surface area contributed by atoms with Crippen LogP contribution in [0.15, 0.2) is 42.7 Å². The lowest BCUT2D eigenvalue weighted by Crippen LogP contribution is -2.17. The molecule has 4 N–H and O–H groups in total. The molecule has 0 unspecified atom stereocenters. The minimum Gasteiger partial charge on any atom is -0.322 e. The largest absolute Gasteiger partial charge is 0.322 e. The van der Waals surface area contributed by atoms with Gasteiger partial charge in [0.1, 0.15) is 0 Å². The van der Waals surface area contributed by atoms with Gasteiger partial charge in [-0.15, -0.1) is 0 Å². The molecule has 1 amide bonds. The minimum atomic E-state index is -0.271. The van der Waals surface area contributed by atoms with E-state index in [-0.39, 0.29) is 5.91 Å². The van der Waals surface area contributed by atoms with Crippen molar-refractivity contribution in [1.29, 1.82) is 0 Å². The van der Waals surface area contributed by atoms with Crippen molar-refractivity contribution in [2.75, 3.05) is 10.7 Å². The van der Waals surface area contributed by atoms with Crippen molar-refractivity contribution in [2.24, 2.45) is 5.84 Å². The molecule has 0 radical (unpaired) electrons. The zero-order valence-electron chi connectivity index (χ0n) is 9.35. The van der Waals surface area contributed by atoms with Gasteiger partial charge in [0.15, 0.2) is 0 Å². The number of benzene rings is 1. The van der Waals surface area contributed by atoms with Crippen molar-refractivity contribution in [3.63, 3.8) is 0 Å². The van der Waals surface area contributed by atoms with Gasteiger partial charge >= 0.3 is 0 Å². The Bertz CT molecular complexity index is 556. The van der Waals surface area contributed by atoms with Crippen LogP contribution in [0.2, 0.25) is 5.02 Å². The summed E-state index contributed by atoms with van der Waals surface area (Å²) < 4.78 is 0. The van der Waals surface area contributed by atoms with Crippen molar-refractivity contribution < 1.29 is 4.79 Å². The number of nitrogens with two attached hydrogens (primary N) is 1. The van der Waals surface area contributed by atoms with E-state index in [1.807, 2.05) is 0 Å². The standard InChI is InChI=1S/C12H11ClN4O/c13-8-1-3-9(4-2-8)16-12(18)10-5-6-15-7-11(10)17-14/h1-7,17H,14H2,(H,16,18). The highest BCUT2D eigenvalue weighted by Crippen LogP contribution is 2.17. The molecular formula is C12H11ClN4O. The molecule has 0 saturated carbocycles. The Balaban J connectivity index is 2.19. The second-order valence-electron chi connectivity index (χ2n) is 3.53. The number of hydrazine groups is 1. The fourth-order valence-corrected chi connectivity index (χ4v) is 1.57. The first kappa shape index (κ1) is 12.3. The first-order valence-electron chi connectivity index (χ1n) is 5.18. The number of nitrogens with one attached hydrogen (secondary N) is 2. The molecule has 1 aromatic carbocycles. The summed E-state index contributed by atoms with van der Waals surface area (Å²) in [5.41, 5.74) is 3.96. The molecule has 0 aliphatic carbocycles. The molecule has 0 aliphatic heterocycles. The second-order valence-corrected chi connectivity index (χ2v) is 3.96. The normalized spacial score (nSPS) is 9.89. The van der Waals surface area contributed by atoms with Crippen LogP contribution in [0.3, 0.4) is 0 Å². The molecule has 0 atom stereocenters. The number of aromatic nitrogens is 1. The van der Waals surface area contributed by atoms with Gasteiger partial charge in [-0.25, -0.2) is 0 Å². The van der Waals surface area contributed by atoms with Gasteiger partial charge in [-0.2, -0.15) is 0 Å². The van der Waals surface area contributed by atoms with E-state index in [1.54, 1.807) is 30.3 Å². The van der Waals surface area contributed by atoms with Crippen LogP contribution >= 0.6 is 11.6 Å². The van der Waals surface area contributed by atoms with Crippen LogP contribution in [0.1, 0.15) is 10.4 Å². The number of hydrogen-bond donors (Lipinski definition) is 3. The lowest BCUT2D eigenvalue weighted by atomic mass is 10.2. The average molecular weight is 263 g/mol. The zero-order chi connectivity index (χ0) is 13.0. The maximum atomic E-state index is 12.0. The molecule has 0 bridgehead atoms. The highest BCUT2D eigenvalue weighted by Gasteiger charge is 2.10. The van der Waals surface area contributed by atoms with Crippen LogP contribution in [0.4, 0.5) is 11.4 Å². The van der Waals surface area contributed by atoms with Crippen molar-refractivity contribution >= 4 is 28.9 Å². The number of nitrogens with zero attached hydrogens (tertiary/aromatic N) is 1. The maximum Gasteiger partial charge on any atom is 0.257 e. The van der Waals surface area contributed by atoms with Crippen LogP contribution in [-0.2, 0) is 0 Å². The van der Waals surface area contributed by atoms with Crippen LogP contribution in [0.5, 0.6) is 0 Å². The SMILES string of the molecule is NNc1cnccc1C(=O)Nc1ccc(Cl)cc1. The first-order chi connectivity index (χ1) is 8.70. The van der Waals surface area contributed by atoms with Gasteiger partial charge in [0, 0.05) is 16.9 Å². The molecule has 1 aromatic heterocycles. The maximum absolute atomic E-state index is 12.0. The van der Waals surface area contributed by atoms with Crippen molar-refractivity contribution in [2.45, 2.75) is 0 Å². The number of nitrogen functional groups attached to an aromatic ring is 1. The van der Waals surface area contributed by atoms with E-state index in [0.29, 0.717) is 22.0 Å². The molecule has 92 valence electrons. The summed E-state index contributed by atoms with van der Waals surface area (Å²) in [5.74, 6) is 5.04. The Morgan fingerprint density at radius 2 is 1.94 bits per heavy atom. The van der Waals surface area contributed by atoms with Gasteiger partial charge in [-0.1, -0.05) is 11.6 Å². The summed E-state index contributed by atoms with van der Waals surface area (Å²) in [6, 6.07) is 8.42. The number of anilines is 2. The minimum absolute atomic E-state index is 0.271. The Morgan fingerprint density at radius 1 is 1.22 bits per heavy atom. The lowest BCUT2D eigenvalue weighted by molar-refractivity contribution is 0.102. The Labute approximate surface area is 109 Å². The smallest absolute Gasteiger partial charge is 0.257 e. The molecule has 18 heavy (non-hydrogen) atoms. The Hall–Kier alpha value is -2.11. The molecule has 2 aromatic rings. The summed E-state index contributed by atoms with van der Waals surface area (Å²) >= 11 is 5.77. The second kappa shape index (κ2) is 5.48. The van der Waals surface area contributed by atoms with E-state index in [1.165, 1.54) is 12.4 Å². The van der Waals surface area contributed by atoms with Crippen molar-refractivity contribution in [3.05, 3.63) is 53.3 Å². The summed E-state index contributed by atoms with van der Waals surface area (Å²) in [5, 5.41) is 3.35. The number of pyridine rings is 1. The number of amides is 1. The summed E-state index contributed by atoms with van der Waals surface area (Å²) in [6.45, 7) is 0. The monoisotopic (exact) mass is 262 g/mol. The number of rotatable bonds is 3. The van der Waals surface area contributed by atoms with Crippen LogP contribution < -0.4 is 16.6 Å². The Kier molecular flexibility index (Phi) is 3.76. The van der Waals surface area contributed by atoms with Crippen LogP contribution in [-0.4, -0.2) is 10.9 Å². The number of carbonyl (C=O) groups excluding carboxylic acids is 1. The van der Waals surface area contributed by atoms with Crippen LogP contribution in [0, 0.1) is 0 Å². The molecule has 1 heterocycles. The van der Waals surface area contributed by atoms with E-state index >= 15 is 0 Å². The third-order valence-corrected chi connectivity index (χ3v) is 2.58. The number of halogens is 1. The van der Waals surface area contributed by atoms with Gasteiger partial charge in [0.2, 0.25) is 0 Å². The van der Waals surface area contributed by atoms with Gasteiger partial charge in [0.25, 0.3) is 5.91 Å². The predicted octanol–water partition coefficient (Wildman–Crippen LogP) is 2.27. The fourth-order valence-electron chi connectivity index (χ4n) is 1.44. The van der Waals surface area contributed by atoms with Gasteiger partial charge in [-0.3, -0.25) is 15.6 Å². The summed E-state index contributed by atoms with van der Waals surface area (Å²) in [7, 11) is 0. The van der Waals surface area contributed by atoms with Crippen molar-refractivity contribution in [3.8, 4) is 0 Å². The highest BCUT2D eigenvalue weighted by atomic mass is 35.5.